The number of cyclic esters (lactones) is 1. The van der Waals surface area contributed by atoms with Crippen LogP contribution >= 0.6 is 11.6 Å². The lowest BCUT2D eigenvalue weighted by Crippen LogP contribution is -2.33. The number of rotatable bonds is 10. The number of esters is 1. The quantitative estimate of drug-likeness (QED) is 0.235. The highest BCUT2D eigenvalue weighted by molar-refractivity contribution is 6.31. The molecule has 1 aliphatic rings. The highest BCUT2D eigenvalue weighted by atomic mass is 35.5. The molecule has 0 saturated carbocycles. The molecule has 1 atom stereocenters. The Labute approximate surface area is 212 Å². The van der Waals surface area contributed by atoms with Gasteiger partial charge in [-0.15, -0.1) is 0 Å². The van der Waals surface area contributed by atoms with E-state index in [9.17, 15) is 14.0 Å². The van der Waals surface area contributed by atoms with E-state index in [2.05, 4.69) is 32.1 Å². The van der Waals surface area contributed by atoms with Gasteiger partial charge in [0.25, 0.3) is 0 Å². The maximum Gasteiger partial charge on any atom is 0.307 e. The van der Waals surface area contributed by atoms with Crippen LogP contribution in [-0.4, -0.2) is 59.6 Å². The average molecular weight is 514 g/mol. The molecule has 9 nitrogen and oxygen atoms in total. The van der Waals surface area contributed by atoms with Gasteiger partial charge in [-0.3, -0.25) is 14.5 Å². The Kier molecular flexibility index (Phi) is 7.97. The predicted octanol–water partition coefficient (Wildman–Crippen LogP) is 4.31. The van der Waals surface area contributed by atoms with E-state index in [-0.39, 0.29) is 17.0 Å². The van der Waals surface area contributed by atoms with Crippen LogP contribution in [0.25, 0.3) is 10.9 Å². The summed E-state index contributed by atoms with van der Waals surface area (Å²) in [5.41, 5.74) is 1.54. The fraction of sp³-hybridized carbons (Fsp3) is 0.280. The number of hydrogen-bond acceptors (Lipinski definition) is 8. The fourth-order valence-corrected chi connectivity index (χ4v) is 3.94. The van der Waals surface area contributed by atoms with Crippen LogP contribution in [-0.2, 0) is 14.3 Å². The van der Waals surface area contributed by atoms with Crippen LogP contribution in [0.2, 0.25) is 5.02 Å². The smallest absolute Gasteiger partial charge is 0.307 e. The van der Waals surface area contributed by atoms with Crippen LogP contribution in [0, 0.1) is 5.82 Å². The molecule has 0 radical (unpaired) electrons. The Balaban J connectivity index is 1.52. The number of carbonyl (C=O) groups is 2. The van der Waals surface area contributed by atoms with Crippen molar-refractivity contribution < 1.29 is 23.5 Å². The SMILES string of the molecule is C=CC(=O)Nc1cc2c(Nc3ccc(F)c(Cl)c3)ncnc2cc1OCCCN(C)C1COC(=O)C1. The van der Waals surface area contributed by atoms with Crippen molar-refractivity contribution in [1.82, 2.24) is 14.9 Å². The van der Waals surface area contributed by atoms with Crippen LogP contribution in [0.4, 0.5) is 21.6 Å². The van der Waals surface area contributed by atoms with Gasteiger partial charge in [0.2, 0.25) is 5.91 Å². The van der Waals surface area contributed by atoms with E-state index in [4.69, 9.17) is 21.1 Å². The van der Waals surface area contributed by atoms with E-state index in [1.54, 1.807) is 12.1 Å². The minimum absolute atomic E-state index is 0.0225. The van der Waals surface area contributed by atoms with Gasteiger partial charge in [-0.25, -0.2) is 14.4 Å². The molecular weight excluding hydrogens is 489 g/mol. The van der Waals surface area contributed by atoms with Crippen molar-refractivity contribution in [2.45, 2.75) is 18.9 Å². The number of anilines is 3. The molecule has 0 bridgehead atoms. The van der Waals surface area contributed by atoms with Gasteiger partial charge in [0, 0.05) is 23.7 Å². The number of nitrogens with zero attached hydrogens (tertiary/aromatic N) is 3. The van der Waals surface area contributed by atoms with Crippen molar-refractivity contribution >= 4 is 51.6 Å². The minimum Gasteiger partial charge on any atom is -0.491 e. The summed E-state index contributed by atoms with van der Waals surface area (Å²) in [6, 6.07) is 7.73. The Bertz CT molecular complexity index is 1300. The summed E-state index contributed by atoms with van der Waals surface area (Å²) in [5.74, 6) is -0.225. The molecule has 11 heteroatoms. The number of hydrogen-bond donors (Lipinski definition) is 2. The molecule has 1 aliphatic heterocycles. The van der Waals surface area contributed by atoms with Gasteiger partial charge in [-0.2, -0.15) is 0 Å². The van der Waals surface area contributed by atoms with Gasteiger partial charge in [-0.05, 0) is 43.8 Å². The monoisotopic (exact) mass is 513 g/mol. The molecule has 1 aromatic heterocycles. The summed E-state index contributed by atoms with van der Waals surface area (Å²) in [6.45, 7) is 4.99. The van der Waals surface area contributed by atoms with Crippen LogP contribution in [0.5, 0.6) is 5.75 Å². The maximum atomic E-state index is 13.5. The van der Waals surface area contributed by atoms with Crippen LogP contribution in [0.15, 0.2) is 49.3 Å². The average Bonchev–Trinajstić information content (AvgIpc) is 3.30. The third-order valence-corrected chi connectivity index (χ3v) is 6.03. The molecule has 188 valence electrons. The minimum atomic E-state index is -0.526. The van der Waals surface area contributed by atoms with Gasteiger partial charge in [-0.1, -0.05) is 18.2 Å². The highest BCUT2D eigenvalue weighted by Gasteiger charge is 2.26. The zero-order valence-electron chi connectivity index (χ0n) is 19.6. The number of benzene rings is 2. The summed E-state index contributed by atoms with van der Waals surface area (Å²) < 4.78 is 24.6. The summed E-state index contributed by atoms with van der Waals surface area (Å²) in [4.78, 5) is 34.1. The second-order valence-electron chi connectivity index (χ2n) is 8.26. The molecule has 0 spiro atoms. The summed E-state index contributed by atoms with van der Waals surface area (Å²) in [6.07, 6.45) is 3.63. The molecule has 1 fully saturated rings. The fourth-order valence-electron chi connectivity index (χ4n) is 3.76. The number of nitrogens with one attached hydrogen (secondary N) is 2. The van der Waals surface area contributed by atoms with E-state index < -0.39 is 11.7 Å². The van der Waals surface area contributed by atoms with Crippen LogP contribution in [0.3, 0.4) is 0 Å². The van der Waals surface area contributed by atoms with Crippen molar-refractivity contribution in [3.05, 3.63) is 60.2 Å². The van der Waals surface area contributed by atoms with E-state index in [0.29, 0.717) is 66.4 Å². The van der Waals surface area contributed by atoms with E-state index in [1.165, 1.54) is 24.5 Å². The second kappa shape index (κ2) is 11.3. The lowest BCUT2D eigenvalue weighted by molar-refractivity contribution is -0.137. The predicted molar refractivity (Wildman–Crippen MR) is 135 cm³/mol. The van der Waals surface area contributed by atoms with Crippen LogP contribution in [0.1, 0.15) is 12.8 Å². The molecule has 1 amide bonds. The highest BCUT2D eigenvalue weighted by Crippen LogP contribution is 2.34. The number of halogens is 2. The zero-order chi connectivity index (χ0) is 25.7. The number of ether oxygens (including phenoxy) is 2. The van der Waals surface area contributed by atoms with Gasteiger partial charge in [0.15, 0.2) is 0 Å². The molecular formula is C25H25ClFN5O4. The largest absolute Gasteiger partial charge is 0.491 e. The summed E-state index contributed by atoms with van der Waals surface area (Å²) in [7, 11) is 1.94. The first kappa shape index (κ1) is 25.3. The van der Waals surface area contributed by atoms with Gasteiger partial charge in [0.05, 0.1) is 35.3 Å². The second-order valence-corrected chi connectivity index (χ2v) is 8.67. The molecule has 1 unspecified atom stereocenters. The van der Waals surface area contributed by atoms with Crippen molar-refractivity contribution in [3.63, 3.8) is 0 Å². The topological polar surface area (TPSA) is 106 Å². The molecule has 2 heterocycles. The number of likely N-dealkylation sites (N-methyl/N-ethyl adjacent to an activating group) is 1. The normalized spacial score (nSPS) is 15.1. The lowest BCUT2D eigenvalue weighted by atomic mass is 10.1. The Morgan fingerprint density at radius 2 is 2.19 bits per heavy atom. The van der Waals surface area contributed by atoms with Gasteiger partial charge in [0.1, 0.15) is 30.3 Å². The number of fused-ring (bicyclic) bond motifs is 1. The molecule has 3 aromatic rings. The van der Waals surface area contributed by atoms with Gasteiger partial charge < -0.3 is 20.1 Å². The zero-order valence-corrected chi connectivity index (χ0v) is 20.3. The molecule has 0 aliphatic carbocycles. The maximum absolute atomic E-state index is 13.5. The van der Waals surface area contributed by atoms with E-state index >= 15 is 0 Å². The first-order valence-electron chi connectivity index (χ1n) is 11.3. The molecule has 2 aromatic carbocycles. The molecule has 36 heavy (non-hydrogen) atoms. The van der Waals surface area contributed by atoms with Crippen molar-refractivity contribution in [3.8, 4) is 5.75 Å². The molecule has 2 N–H and O–H groups in total. The Morgan fingerprint density at radius 3 is 2.92 bits per heavy atom. The third-order valence-electron chi connectivity index (χ3n) is 5.74. The van der Waals surface area contributed by atoms with Crippen molar-refractivity contribution in [1.29, 1.82) is 0 Å². The molecule has 1 saturated heterocycles. The standard InChI is InChI=1S/C25H25ClFN5O4/c1-3-23(33)31-21-11-17-20(28-14-29-25(17)30-15-5-6-19(27)18(26)9-15)12-22(21)35-8-4-7-32(2)16-10-24(34)36-13-16/h3,5-6,9,11-12,14,16H,1,4,7-8,10,13H2,2H3,(H,31,33)(H,28,29,30). The van der Waals surface area contributed by atoms with Crippen molar-refractivity contribution in [2.24, 2.45) is 0 Å². The third kappa shape index (κ3) is 6.07. The number of carbonyl (C=O) groups excluding carboxylic acids is 2. The number of aromatic nitrogens is 2. The first-order valence-corrected chi connectivity index (χ1v) is 11.6. The van der Waals surface area contributed by atoms with E-state index in [1.807, 2.05) is 7.05 Å². The van der Waals surface area contributed by atoms with Gasteiger partial charge >= 0.3 is 5.97 Å². The summed E-state index contributed by atoms with van der Waals surface area (Å²) >= 11 is 5.90. The first-order chi connectivity index (χ1) is 17.3. The molecule has 4 rings (SSSR count). The Morgan fingerprint density at radius 1 is 1.36 bits per heavy atom. The van der Waals surface area contributed by atoms with Crippen LogP contribution < -0.4 is 15.4 Å². The summed E-state index contributed by atoms with van der Waals surface area (Å²) in [5, 5.41) is 6.45. The van der Waals surface area contributed by atoms with Crippen molar-refractivity contribution in [2.75, 3.05) is 37.4 Å². The van der Waals surface area contributed by atoms with E-state index in [0.717, 1.165) is 6.08 Å². The number of amides is 1. The lowest BCUT2D eigenvalue weighted by Gasteiger charge is -2.21. The Hall–Kier alpha value is -3.76.